The van der Waals surface area contributed by atoms with Gasteiger partial charge in [0.1, 0.15) is 6.61 Å². The van der Waals surface area contributed by atoms with E-state index in [1.54, 1.807) is 5.57 Å². The second-order valence-electron chi connectivity index (χ2n) is 10.6. The van der Waals surface area contributed by atoms with Crippen molar-refractivity contribution in [3.63, 3.8) is 0 Å². The molecule has 1 saturated carbocycles. The van der Waals surface area contributed by atoms with Crippen LogP contribution in [-0.4, -0.2) is 29.7 Å². The van der Waals surface area contributed by atoms with E-state index in [-0.39, 0.29) is 18.1 Å². The van der Waals surface area contributed by atoms with Gasteiger partial charge in [-0.05, 0) is 60.3 Å². The lowest BCUT2D eigenvalue weighted by atomic mass is 9.79. The molecule has 3 heteroatoms. The van der Waals surface area contributed by atoms with Crippen molar-refractivity contribution in [2.45, 2.75) is 82.2 Å². The number of hydrogen-bond acceptors (Lipinski definition) is 2. The SMILES string of the molecule is O=C(OCC1c2ccccc2-c2ccccc21)N1C2C=C(CC3CCCCC3)CC1CCC2. The molecule has 2 aliphatic carbocycles. The minimum atomic E-state index is -0.112. The fourth-order valence-electron chi connectivity index (χ4n) is 6.98. The summed E-state index contributed by atoms with van der Waals surface area (Å²) in [6, 6.07) is 17.7. The molecular weight excluding hydrogens is 406 g/mol. The standard InChI is InChI=1S/C30H35NO2/c32-30(33-20-29-27-15-6-4-13-25(27)26-14-5-7-16-28(26)29)31-23-11-8-12-24(31)19-22(18-23)17-21-9-2-1-3-10-21/h4-7,13-16,18,21,23-24,29H,1-3,8-12,17,19-20H2. The van der Waals surface area contributed by atoms with E-state index < -0.39 is 0 Å². The zero-order chi connectivity index (χ0) is 22.2. The Morgan fingerprint density at radius 1 is 0.848 bits per heavy atom. The van der Waals surface area contributed by atoms with E-state index in [1.807, 2.05) is 0 Å². The predicted octanol–water partition coefficient (Wildman–Crippen LogP) is 7.46. The van der Waals surface area contributed by atoms with E-state index in [1.165, 1.54) is 67.2 Å². The van der Waals surface area contributed by atoms with Gasteiger partial charge in [0.25, 0.3) is 0 Å². The van der Waals surface area contributed by atoms with Crippen LogP contribution in [0.15, 0.2) is 60.2 Å². The average Bonchev–Trinajstić information content (AvgIpc) is 3.16. The molecule has 1 amide bonds. The summed E-state index contributed by atoms with van der Waals surface area (Å²) >= 11 is 0. The molecule has 2 bridgehead atoms. The molecule has 2 aliphatic heterocycles. The summed E-state index contributed by atoms with van der Waals surface area (Å²) in [5, 5.41) is 0. The summed E-state index contributed by atoms with van der Waals surface area (Å²) in [6.07, 6.45) is 15.0. The summed E-state index contributed by atoms with van der Waals surface area (Å²) < 4.78 is 6.06. The van der Waals surface area contributed by atoms with E-state index in [4.69, 9.17) is 4.74 Å². The lowest BCUT2D eigenvalue weighted by molar-refractivity contribution is 0.0503. The van der Waals surface area contributed by atoms with Gasteiger partial charge in [0.15, 0.2) is 0 Å². The molecular formula is C30H35NO2. The van der Waals surface area contributed by atoms with Gasteiger partial charge in [0, 0.05) is 12.0 Å². The van der Waals surface area contributed by atoms with E-state index >= 15 is 0 Å². The van der Waals surface area contributed by atoms with E-state index in [0.29, 0.717) is 12.6 Å². The van der Waals surface area contributed by atoms with Crippen LogP contribution in [0.25, 0.3) is 11.1 Å². The van der Waals surface area contributed by atoms with Gasteiger partial charge in [-0.1, -0.05) is 92.3 Å². The second-order valence-corrected chi connectivity index (χ2v) is 10.6. The number of carbonyl (C=O) groups excluding carboxylic acids is 1. The fraction of sp³-hybridized carbons (Fsp3) is 0.500. The minimum absolute atomic E-state index is 0.112. The summed E-state index contributed by atoms with van der Waals surface area (Å²) in [7, 11) is 0. The summed E-state index contributed by atoms with van der Waals surface area (Å²) in [5.74, 6) is 0.995. The first-order valence-electron chi connectivity index (χ1n) is 13.1. The number of nitrogens with zero attached hydrogens (tertiary/aromatic N) is 1. The third-order valence-electron chi connectivity index (χ3n) is 8.54. The van der Waals surface area contributed by atoms with Crippen molar-refractivity contribution >= 4 is 6.09 Å². The van der Waals surface area contributed by atoms with Gasteiger partial charge in [-0.2, -0.15) is 0 Å². The first-order valence-corrected chi connectivity index (χ1v) is 13.1. The number of benzene rings is 2. The van der Waals surface area contributed by atoms with Gasteiger partial charge in [-0.3, -0.25) is 4.90 Å². The molecule has 6 rings (SSSR count). The number of ether oxygens (including phenoxy) is 1. The average molecular weight is 442 g/mol. The molecule has 4 aliphatic rings. The molecule has 2 aromatic rings. The van der Waals surface area contributed by atoms with Crippen molar-refractivity contribution in [2.24, 2.45) is 5.92 Å². The first kappa shape index (κ1) is 21.0. The van der Waals surface area contributed by atoms with Gasteiger partial charge < -0.3 is 4.74 Å². The molecule has 33 heavy (non-hydrogen) atoms. The topological polar surface area (TPSA) is 29.5 Å². The number of fused-ring (bicyclic) bond motifs is 5. The highest BCUT2D eigenvalue weighted by atomic mass is 16.6. The van der Waals surface area contributed by atoms with E-state index in [2.05, 4.69) is 59.5 Å². The van der Waals surface area contributed by atoms with Crippen molar-refractivity contribution in [3.8, 4) is 11.1 Å². The maximum Gasteiger partial charge on any atom is 0.410 e. The highest BCUT2D eigenvalue weighted by Crippen LogP contribution is 2.45. The number of amides is 1. The molecule has 2 heterocycles. The largest absolute Gasteiger partial charge is 0.448 e. The van der Waals surface area contributed by atoms with Crippen LogP contribution in [0, 0.1) is 5.92 Å². The normalized spacial score (nSPS) is 24.7. The predicted molar refractivity (Wildman–Crippen MR) is 132 cm³/mol. The molecule has 0 N–H and O–H groups in total. The van der Waals surface area contributed by atoms with Crippen molar-refractivity contribution < 1.29 is 9.53 Å². The van der Waals surface area contributed by atoms with Crippen LogP contribution >= 0.6 is 0 Å². The zero-order valence-electron chi connectivity index (χ0n) is 19.5. The molecule has 3 nitrogen and oxygen atoms in total. The summed E-state index contributed by atoms with van der Waals surface area (Å²) in [4.78, 5) is 15.4. The molecule has 2 aromatic carbocycles. The van der Waals surface area contributed by atoms with Crippen LogP contribution in [-0.2, 0) is 4.74 Å². The number of piperidine rings is 1. The summed E-state index contributed by atoms with van der Waals surface area (Å²) in [6.45, 7) is 0.418. The third-order valence-corrected chi connectivity index (χ3v) is 8.54. The molecule has 0 radical (unpaired) electrons. The van der Waals surface area contributed by atoms with Gasteiger partial charge in [0.05, 0.1) is 6.04 Å². The minimum Gasteiger partial charge on any atom is -0.448 e. The van der Waals surface area contributed by atoms with Gasteiger partial charge in [-0.15, -0.1) is 0 Å². The fourth-order valence-corrected chi connectivity index (χ4v) is 6.98. The maximum atomic E-state index is 13.4. The highest BCUT2D eigenvalue weighted by molar-refractivity contribution is 5.79. The molecule has 0 spiro atoms. The first-order chi connectivity index (χ1) is 16.3. The second kappa shape index (κ2) is 9.00. The lowest BCUT2D eigenvalue weighted by Gasteiger charge is -2.44. The van der Waals surface area contributed by atoms with Gasteiger partial charge in [0.2, 0.25) is 0 Å². The molecule has 2 fully saturated rings. The van der Waals surface area contributed by atoms with E-state index in [0.717, 1.165) is 25.2 Å². The Kier molecular flexibility index (Phi) is 5.73. The molecule has 172 valence electrons. The van der Waals surface area contributed by atoms with Gasteiger partial charge in [-0.25, -0.2) is 4.79 Å². The highest BCUT2D eigenvalue weighted by Gasteiger charge is 2.39. The third kappa shape index (κ3) is 4.00. The van der Waals surface area contributed by atoms with Crippen LogP contribution in [0.2, 0.25) is 0 Å². The van der Waals surface area contributed by atoms with Crippen LogP contribution in [0.1, 0.15) is 81.3 Å². The molecule has 1 saturated heterocycles. The number of hydrogen-bond donors (Lipinski definition) is 0. The monoisotopic (exact) mass is 441 g/mol. The van der Waals surface area contributed by atoms with Crippen molar-refractivity contribution in [2.75, 3.05) is 6.61 Å². The van der Waals surface area contributed by atoms with Crippen LogP contribution in [0.4, 0.5) is 4.79 Å². The van der Waals surface area contributed by atoms with Crippen molar-refractivity contribution in [1.82, 2.24) is 4.90 Å². The Hall–Kier alpha value is -2.55. The van der Waals surface area contributed by atoms with Crippen LogP contribution in [0.3, 0.4) is 0 Å². The van der Waals surface area contributed by atoms with E-state index in [9.17, 15) is 4.79 Å². The van der Waals surface area contributed by atoms with Crippen LogP contribution in [0.5, 0.6) is 0 Å². The smallest absolute Gasteiger partial charge is 0.410 e. The number of rotatable bonds is 4. The van der Waals surface area contributed by atoms with Crippen LogP contribution < -0.4 is 0 Å². The molecule has 0 aromatic heterocycles. The van der Waals surface area contributed by atoms with Gasteiger partial charge >= 0.3 is 6.09 Å². The lowest BCUT2D eigenvalue weighted by Crippen LogP contribution is -2.52. The zero-order valence-corrected chi connectivity index (χ0v) is 19.5. The Labute approximate surface area is 197 Å². The molecule has 2 atom stereocenters. The molecule has 2 unspecified atom stereocenters. The Bertz CT molecular complexity index is 1010. The van der Waals surface area contributed by atoms with Crippen molar-refractivity contribution in [3.05, 3.63) is 71.3 Å². The number of carbonyl (C=O) groups is 1. The Morgan fingerprint density at radius 2 is 1.55 bits per heavy atom. The van der Waals surface area contributed by atoms with Crippen molar-refractivity contribution in [1.29, 1.82) is 0 Å². The quantitative estimate of drug-likeness (QED) is 0.461. The Balaban J connectivity index is 1.16. The maximum absolute atomic E-state index is 13.4. The Morgan fingerprint density at radius 3 is 2.24 bits per heavy atom. The summed E-state index contributed by atoms with van der Waals surface area (Å²) in [5.41, 5.74) is 6.72.